The second-order valence-electron chi connectivity index (χ2n) is 4.86. The summed E-state index contributed by atoms with van der Waals surface area (Å²) < 4.78 is 5.36. The molecule has 0 aliphatic carbocycles. The van der Waals surface area contributed by atoms with Crippen molar-refractivity contribution in [2.45, 2.75) is 25.5 Å². The summed E-state index contributed by atoms with van der Waals surface area (Å²) in [5, 5.41) is 13.0. The van der Waals surface area contributed by atoms with Gasteiger partial charge in [-0.2, -0.15) is 0 Å². The van der Waals surface area contributed by atoms with Crippen LogP contribution in [0, 0.1) is 0 Å². The molecule has 1 saturated heterocycles. The van der Waals surface area contributed by atoms with E-state index in [-0.39, 0.29) is 12.1 Å². The molecule has 0 radical (unpaired) electrons. The number of aliphatic hydroxyl groups is 1. The molecule has 2 rings (SSSR count). The molecule has 19 heavy (non-hydrogen) atoms. The van der Waals surface area contributed by atoms with Gasteiger partial charge in [-0.25, -0.2) is 4.98 Å². The average molecular weight is 266 g/mol. The van der Waals surface area contributed by atoms with Gasteiger partial charge >= 0.3 is 0 Å². The van der Waals surface area contributed by atoms with E-state index >= 15 is 0 Å². The highest BCUT2D eigenvalue weighted by Crippen LogP contribution is 2.29. The van der Waals surface area contributed by atoms with Gasteiger partial charge in [0.1, 0.15) is 11.6 Å². The Morgan fingerprint density at radius 1 is 1.58 bits per heavy atom. The summed E-state index contributed by atoms with van der Waals surface area (Å²) in [4.78, 5) is 6.34. The summed E-state index contributed by atoms with van der Waals surface area (Å²) in [5.74, 6) is 1.19. The van der Waals surface area contributed by atoms with Gasteiger partial charge in [0, 0.05) is 31.7 Å². The van der Waals surface area contributed by atoms with Crippen LogP contribution in [0.5, 0.6) is 5.75 Å². The van der Waals surface area contributed by atoms with Gasteiger partial charge in [-0.3, -0.25) is 0 Å². The predicted molar refractivity (Wildman–Crippen MR) is 75.5 cm³/mol. The zero-order chi connectivity index (χ0) is 13.8. The van der Waals surface area contributed by atoms with Crippen LogP contribution in [0.4, 0.5) is 11.5 Å². The van der Waals surface area contributed by atoms with Crippen molar-refractivity contribution in [1.82, 2.24) is 10.3 Å². The topological polar surface area (TPSA) is 83.6 Å². The fourth-order valence-electron chi connectivity index (χ4n) is 2.39. The molecule has 1 fully saturated rings. The second-order valence-corrected chi connectivity index (χ2v) is 4.86. The molecule has 1 aromatic heterocycles. The summed E-state index contributed by atoms with van der Waals surface area (Å²) in [6.07, 6.45) is 2.29. The molecule has 0 unspecified atom stereocenters. The van der Waals surface area contributed by atoms with E-state index in [1.165, 1.54) is 0 Å². The smallest absolute Gasteiger partial charge is 0.147 e. The summed E-state index contributed by atoms with van der Waals surface area (Å²) in [7, 11) is 1.63. The Balaban J connectivity index is 2.14. The van der Waals surface area contributed by atoms with Gasteiger partial charge < -0.3 is 25.8 Å². The third-order valence-corrected chi connectivity index (χ3v) is 3.51. The molecule has 0 spiro atoms. The van der Waals surface area contributed by atoms with Crippen molar-refractivity contribution < 1.29 is 9.84 Å². The molecule has 0 bridgehead atoms. The SMILES string of the molecule is COc1cc(N)ncc1N1CCN[C@@H]([C@H](C)O)CC1. The lowest BCUT2D eigenvalue weighted by Gasteiger charge is -2.24. The number of aliphatic hydroxyl groups excluding tert-OH is 1. The molecule has 2 heterocycles. The van der Waals surface area contributed by atoms with Crippen LogP contribution in [0.25, 0.3) is 0 Å². The van der Waals surface area contributed by atoms with Crippen LogP contribution in [0.15, 0.2) is 12.3 Å². The van der Waals surface area contributed by atoms with Gasteiger partial charge in [0.2, 0.25) is 0 Å². The van der Waals surface area contributed by atoms with Crippen molar-refractivity contribution in [3.05, 3.63) is 12.3 Å². The van der Waals surface area contributed by atoms with Gasteiger partial charge in [-0.15, -0.1) is 0 Å². The normalized spacial score (nSPS) is 21.8. The Morgan fingerprint density at radius 2 is 2.37 bits per heavy atom. The fraction of sp³-hybridized carbons (Fsp3) is 0.615. The van der Waals surface area contributed by atoms with Gasteiger partial charge in [-0.05, 0) is 13.3 Å². The van der Waals surface area contributed by atoms with E-state index in [9.17, 15) is 5.11 Å². The van der Waals surface area contributed by atoms with Crippen molar-refractivity contribution in [2.24, 2.45) is 0 Å². The van der Waals surface area contributed by atoms with Gasteiger partial charge in [-0.1, -0.05) is 0 Å². The van der Waals surface area contributed by atoms with Crippen molar-refractivity contribution in [3.8, 4) is 5.75 Å². The largest absolute Gasteiger partial charge is 0.494 e. The summed E-state index contributed by atoms with van der Waals surface area (Å²) >= 11 is 0. The summed E-state index contributed by atoms with van der Waals surface area (Å²) in [6.45, 7) is 4.34. The lowest BCUT2D eigenvalue weighted by Crippen LogP contribution is -2.38. The highest BCUT2D eigenvalue weighted by molar-refractivity contribution is 5.60. The quantitative estimate of drug-likeness (QED) is 0.726. The number of hydrogen-bond donors (Lipinski definition) is 3. The minimum Gasteiger partial charge on any atom is -0.494 e. The van der Waals surface area contributed by atoms with E-state index in [0.29, 0.717) is 5.82 Å². The Labute approximate surface area is 113 Å². The van der Waals surface area contributed by atoms with Crippen LogP contribution in [0.1, 0.15) is 13.3 Å². The molecule has 2 atom stereocenters. The van der Waals surface area contributed by atoms with Crippen LogP contribution in [-0.2, 0) is 0 Å². The van der Waals surface area contributed by atoms with Crippen molar-refractivity contribution in [1.29, 1.82) is 0 Å². The minimum absolute atomic E-state index is 0.137. The number of nitrogens with zero attached hydrogens (tertiary/aromatic N) is 2. The molecule has 6 heteroatoms. The Hall–Kier alpha value is -1.53. The number of nitrogens with two attached hydrogens (primary N) is 1. The molecule has 6 nitrogen and oxygen atoms in total. The molecular formula is C13H22N4O2. The predicted octanol–water partition coefficient (Wildman–Crippen LogP) is 0.222. The molecule has 1 aromatic rings. The first-order chi connectivity index (χ1) is 9.11. The maximum absolute atomic E-state index is 9.66. The first kappa shape index (κ1) is 13.9. The highest BCUT2D eigenvalue weighted by atomic mass is 16.5. The Kier molecular flexibility index (Phi) is 4.44. The number of rotatable bonds is 3. The maximum Gasteiger partial charge on any atom is 0.147 e. The van der Waals surface area contributed by atoms with Crippen LogP contribution in [0.2, 0.25) is 0 Å². The number of hydrogen-bond acceptors (Lipinski definition) is 6. The van der Waals surface area contributed by atoms with Gasteiger partial charge in [0.25, 0.3) is 0 Å². The van der Waals surface area contributed by atoms with Crippen LogP contribution in [-0.4, -0.2) is 49.0 Å². The third kappa shape index (κ3) is 3.27. The van der Waals surface area contributed by atoms with E-state index in [4.69, 9.17) is 10.5 Å². The Morgan fingerprint density at radius 3 is 3.05 bits per heavy atom. The summed E-state index contributed by atoms with van der Waals surface area (Å²) in [6, 6.07) is 1.87. The molecule has 1 aliphatic heterocycles. The summed E-state index contributed by atoms with van der Waals surface area (Å²) in [5.41, 5.74) is 6.62. The number of anilines is 2. The number of aromatic nitrogens is 1. The second kappa shape index (κ2) is 6.08. The number of nitrogens with one attached hydrogen (secondary N) is 1. The number of nitrogen functional groups attached to an aromatic ring is 1. The molecule has 0 aromatic carbocycles. The first-order valence-corrected chi connectivity index (χ1v) is 6.57. The highest BCUT2D eigenvalue weighted by Gasteiger charge is 2.21. The fourth-order valence-corrected chi connectivity index (χ4v) is 2.39. The van der Waals surface area contributed by atoms with Crippen LogP contribution in [0.3, 0.4) is 0 Å². The number of methoxy groups -OCH3 is 1. The van der Waals surface area contributed by atoms with Crippen LogP contribution < -0.4 is 20.7 Å². The molecule has 0 amide bonds. The van der Waals surface area contributed by atoms with E-state index in [2.05, 4.69) is 15.2 Å². The third-order valence-electron chi connectivity index (χ3n) is 3.51. The lowest BCUT2D eigenvalue weighted by molar-refractivity contribution is 0.145. The van der Waals surface area contributed by atoms with E-state index in [0.717, 1.165) is 37.5 Å². The van der Waals surface area contributed by atoms with Gasteiger partial charge in [0.05, 0.1) is 25.1 Å². The van der Waals surface area contributed by atoms with Crippen molar-refractivity contribution in [2.75, 3.05) is 37.4 Å². The van der Waals surface area contributed by atoms with E-state index in [1.54, 1.807) is 19.4 Å². The molecular weight excluding hydrogens is 244 g/mol. The molecule has 1 aliphatic rings. The minimum atomic E-state index is -0.341. The molecule has 106 valence electrons. The lowest BCUT2D eigenvalue weighted by atomic mass is 10.1. The Bertz CT molecular complexity index is 425. The van der Waals surface area contributed by atoms with Gasteiger partial charge in [0.15, 0.2) is 0 Å². The monoisotopic (exact) mass is 266 g/mol. The van der Waals surface area contributed by atoms with E-state index < -0.39 is 0 Å². The zero-order valence-corrected chi connectivity index (χ0v) is 11.5. The molecule has 4 N–H and O–H groups in total. The van der Waals surface area contributed by atoms with E-state index in [1.807, 2.05) is 6.92 Å². The first-order valence-electron chi connectivity index (χ1n) is 6.57. The standard InChI is InChI=1S/C13H22N4O2/c1-9(18)10-3-5-17(6-4-15-10)11-8-16-13(14)7-12(11)19-2/h7-10,15,18H,3-6H2,1-2H3,(H2,14,16)/t9-,10+/m0/s1. The number of ether oxygens (including phenoxy) is 1. The number of pyridine rings is 1. The van der Waals surface area contributed by atoms with Crippen molar-refractivity contribution in [3.63, 3.8) is 0 Å². The average Bonchev–Trinajstić information content (AvgIpc) is 2.64. The zero-order valence-electron chi connectivity index (χ0n) is 11.5. The maximum atomic E-state index is 9.66. The van der Waals surface area contributed by atoms with Crippen molar-refractivity contribution >= 4 is 11.5 Å². The van der Waals surface area contributed by atoms with Crippen LogP contribution >= 0.6 is 0 Å². The molecule has 0 saturated carbocycles.